The van der Waals surface area contributed by atoms with Crippen LogP contribution in [0.1, 0.15) is 18.4 Å². The van der Waals surface area contributed by atoms with Gasteiger partial charge in [0.25, 0.3) is 0 Å². The highest BCUT2D eigenvalue weighted by Crippen LogP contribution is 2.22. The van der Waals surface area contributed by atoms with Gasteiger partial charge < -0.3 is 24.4 Å². The quantitative estimate of drug-likeness (QED) is 0.739. The number of likely N-dealkylation sites (N-methyl/N-ethyl adjacent to an activating group) is 1. The van der Waals surface area contributed by atoms with Crippen molar-refractivity contribution in [2.75, 3.05) is 53.5 Å². The minimum Gasteiger partial charge on any atom is -0.491 e. The number of aliphatic hydroxyl groups excluding tert-OH is 1. The zero-order chi connectivity index (χ0) is 19.2. The highest BCUT2D eigenvalue weighted by atomic mass is 16.6. The number of benzene rings is 1. The van der Waals surface area contributed by atoms with Crippen molar-refractivity contribution in [2.45, 2.75) is 31.5 Å². The molecule has 1 atom stereocenters. The molecule has 0 aromatic heterocycles. The van der Waals surface area contributed by atoms with Crippen LogP contribution in [0.3, 0.4) is 0 Å². The van der Waals surface area contributed by atoms with E-state index in [2.05, 4.69) is 17.0 Å². The van der Waals surface area contributed by atoms with Crippen molar-refractivity contribution in [3.8, 4) is 5.75 Å². The van der Waals surface area contributed by atoms with E-state index in [1.54, 1.807) is 0 Å². The first-order chi connectivity index (χ1) is 13.0. The van der Waals surface area contributed by atoms with Crippen LogP contribution in [-0.2, 0) is 11.3 Å². The van der Waals surface area contributed by atoms with Crippen molar-refractivity contribution in [2.24, 2.45) is 0 Å². The maximum atomic E-state index is 11.7. The third-order valence-corrected chi connectivity index (χ3v) is 5.14. The van der Waals surface area contributed by atoms with Gasteiger partial charge in [-0.15, -0.1) is 0 Å². The van der Waals surface area contributed by atoms with Crippen LogP contribution in [0.2, 0.25) is 0 Å². The van der Waals surface area contributed by atoms with Gasteiger partial charge in [0, 0.05) is 32.2 Å². The molecule has 1 aromatic carbocycles. The summed E-state index contributed by atoms with van der Waals surface area (Å²) in [6.07, 6.45) is 1.36. The molecular weight excluding hydrogens is 346 g/mol. The first-order valence-corrected chi connectivity index (χ1v) is 9.71. The van der Waals surface area contributed by atoms with Gasteiger partial charge in [-0.25, -0.2) is 4.79 Å². The normalized spacial score (nSPS) is 20.1. The Labute approximate surface area is 161 Å². The number of piperidine rings is 1. The second kappa shape index (κ2) is 9.39. The Morgan fingerprint density at radius 2 is 1.93 bits per heavy atom. The molecule has 1 amide bonds. The van der Waals surface area contributed by atoms with Gasteiger partial charge in [0.05, 0.1) is 6.54 Å². The Bertz CT molecular complexity index is 600. The van der Waals surface area contributed by atoms with Crippen LogP contribution in [0.5, 0.6) is 5.75 Å². The van der Waals surface area contributed by atoms with Crippen LogP contribution >= 0.6 is 0 Å². The number of amides is 1. The van der Waals surface area contributed by atoms with Gasteiger partial charge in [0.15, 0.2) is 0 Å². The SMILES string of the molecule is CN(C)C[C@H](O)COc1ccc(CN2CCC(N3CCOC3=O)CC2)cc1. The van der Waals surface area contributed by atoms with E-state index in [1.807, 2.05) is 36.0 Å². The molecule has 2 fully saturated rings. The average molecular weight is 377 g/mol. The summed E-state index contributed by atoms with van der Waals surface area (Å²) in [5.74, 6) is 0.780. The van der Waals surface area contributed by atoms with E-state index in [9.17, 15) is 9.90 Å². The lowest BCUT2D eigenvalue weighted by Crippen LogP contribution is -2.45. The molecule has 1 aromatic rings. The number of nitrogens with zero attached hydrogens (tertiary/aromatic N) is 3. The summed E-state index contributed by atoms with van der Waals surface area (Å²) < 4.78 is 10.7. The van der Waals surface area contributed by atoms with E-state index in [4.69, 9.17) is 9.47 Å². The first kappa shape index (κ1) is 19.9. The molecule has 0 bridgehead atoms. The summed E-state index contributed by atoms with van der Waals surface area (Å²) in [6.45, 7) is 5.02. The number of likely N-dealkylation sites (tertiary alicyclic amines) is 1. The van der Waals surface area contributed by atoms with Gasteiger partial charge in [-0.05, 0) is 44.6 Å². The van der Waals surface area contributed by atoms with Gasteiger partial charge >= 0.3 is 6.09 Å². The van der Waals surface area contributed by atoms with E-state index in [0.717, 1.165) is 44.8 Å². The predicted octanol–water partition coefficient (Wildman–Crippen LogP) is 1.40. The van der Waals surface area contributed by atoms with Crippen molar-refractivity contribution in [1.82, 2.24) is 14.7 Å². The van der Waals surface area contributed by atoms with Crippen LogP contribution in [0.25, 0.3) is 0 Å². The van der Waals surface area contributed by atoms with Crippen LogP contribution in [0, 0.1) is 0 Å². The summed E-state index contributed by atoms with van der Waals surface area (Å²) in [5.41, 5.74) is 1.25. The first-order valence-electron chi connectivity index (χ1n) is 9.71. The lowest BCUT2D eigenvalue weighted by Gasteiger charge is -2.35. The Morgan fingerprint density at radius 3 is 2.52 bits per heavy atom. The van der Waals surface area contributed by atoms with Crippen molar-refractivity contribution < 1.29 is 19.4 Å². The Hall–Kier alpha value is -1.83. The molecule has 150 valence electrons. The summed E-state index contributed by atoms with van der Waals surface area (Å²) in [7, 11) is 3.86. The highest BCUT2D eigenvalue weighted by molar-refractivity contribution is 5.69. The van der Waals surface area contributed by atoms with Gasteiger partial charge in [-0.1, -0.05) is 12.1 Å². The van der Waals surface area contributed by atoms with Gasteiger partial charge in [0.1, 0.15) is 25.1 Å². The summed E-state index contributed by atoms with van der Waals surface area (Å²) in [6, 6.07) is 8.41. The Kier molecular flexibility index (Phi) is 6.93. The number of rotatable bonds is 8. The molecule has 0 aliphatic carbocycles. The van der Waals surface area contributed by atoms with E-state index < -0.39 is 6.10 Å². The Morgan fingerprint density at radius 1 is 1.22 bits per heavy atom. The standard InChI is InChI=1S/C20H31N3O4/c1-21(2)14-18(24)15-27-19-5-3-16(4-6-19)13-22-9-7-17(8-10-22)23-11-12-26-20(23)25/h3-6,17-18,24H,7-15H2,1-2H3/t18-/m0/s1. The summed E-state index contributed by atoms with van der Waals surface area (Å²) in [4.78, 5) is 17.9. The number of aliphatic hydroxyl groups is 1. The van der Waals surface area contributed by atoms with Crippen LogP contribution < -0.4 is 4.74 Å². The number of hydrogen-bond acceptors (Lipinski definition) is 6. The number of cyclic esters (lactones) is 1. The lowest BCUT2D eigenvalue weighted by atomic mass is 10.0. The molecule has 2 saturated heterocycles. The number of carbonyl (C=O) groups excluding carboxylic acids is 1. The molecule has 0 saturated carbocycles. The predicted molar refractivity (Wildman–Crippen MR) is 103 cm³/mol. The molecule has 1 N–H and O–H groups in total. The van der Waals surface area contributed by atoms with E-state index in [-0.39, 0.29) is 6.09 Å². The molecule has 2 aliphatic heterocycles. The second-order valence-corrected chi connectivity index (χ2v) is 7.69. The molecule has 2 aliphatic rings. The topological polar surface area (TPSA) is 65.5 Å². The van der Waals surface area contributed by atoms with E-state index in [1.165, 1.54) is 5.56 Å². The third-order valence-electron chi connectivity index (χ3n) is 5.14. The van der Waals surface area contributed by atoms with Gasteiger partial charge in [-0.2, -0.15) is 0 Å². The molecule has 0 unspecified atom stereocenters. The summed E-state index contributed by atoms with van der Waals surface area (Å²) in [5, 5.41) is 9.86. The van der Waals surface area contributed by atoms with Crippen molar-refractivity contribution in [1.29, 1.82) is 0 Å². The largest absolute Gasteiger partial charge is 0.491 e. The minimum atomic E-state index is -0.492. The Balaban J connectivity index is 1.40. The highest BCUT2D eigenvalue weighted by Gasteiger charge is 2.32. The molecule has 2 heterocycles. The van der Waals surface area contributed by atoms with E-state index in [0.29, 0.717) is 25.8 Å². The number of hydrogen-bond donors (Lipinski definition) is 1. The molecule has 3 rings (SSSR count). The molecular formula is C20H31N3O4. The maximum absolute atomic E-state index is 11.7. The van der Waals surface area contributed by atoms with Crippen LogP contribution in [0.4, 0.5) is 4.79 Å². The molecule has 0 spiro atoms. The van der Waals surface area contributed by atoms with Crippen LogP contribution in [0.15, 0.2) is 24.3 Å². The van der Waals surface area contributed by atoms with E-state index >= 15 is 0 Å². The zero-order valence-electron chi connectivity index (χ0n) is 16.3. The fourth-order valence-corrected chi connectivity index (χ4v) is 3.74. The third kappa shape index (κ3) is 5.82. The van der Waals surface area contributed by atoms with Gasteiger partial charge in [0.2, 0.25) is 0 Å². The zero-order valence-corrected chi connectivity index (χ0v) is 16.3. The molecule has 7 nitrogen and oxygen atoms in total. The summed E-state index contributed by atoms with van der Waals surface area (Å²) >= 11 is 0. The van der Waals surface area contributed by atoms with Gasteiger partial charge in [-0.3, -0.25) is 4.90 Å². The molecule has 7 heteroatoms. The second-order valence-electron chi connectivity index (χ2n) is 7.69. The van der Waals surface area contributed by atoms with Crippen molar-refractivity contribution in [3.05, 3.63) is 29.8 Å². The van der Waals surface area contributed by atoms with Crippen molar-refractivity contribution >= 4 is 6.09 Å². The minimum absolute atomic E-state index is 0.153. The molecule has 0 radical (unpaired) electrons. The monoisotopic (exact) mass is 377 g/mol. The van der Waals surface area contributed by atoms with Crippen molar-refractivity contribution in [3.63, 3.8) is 0 Å². The molecule has 27 heavy (non-hydrogen) atoms. The number of ether oxygens (including phenoxy) is 2. The average Bonchev–Trinajstić information content (AvgIpc) is 3.07. The maximum Gasteiger partial charge on any atom is 0.410 e. The smallest absolute Gasteiger partial charge is 0.410 e. The van der Waals surface area contributed by atoms with Crippen LogP contribution in [-0.4, -0.2) is 91.5 Å². The lowest BCUT2D eigenvalue weighted by molar-refractivity contribution is 0.0831. The fourth-order valence-electron chi connectivity index (χ4n) is 3.74. The number of carbonyl (C=O) groups is 1. The fraction of sp³-hybridized carbons (Fsp3) is 0.650.